The standard InChI is InChI=1S/C26H21BrClN3O5/c1-3-23-30-21-8-7-18(27)11-20(21)25(32)31(23)29-13-17-10-19(28)12-22(35-2)24(17)36-14-15-5-4-6-16(9-15)26(33)34/h4-13H,3,14H2,1-2H3,(H,33,34). The molecule has 0 saturated heterocycles. The summed E-state index contributed by atoms with van der Waals surface area (Å²) in [6, 6.07) is 15.0. The lowest BCUT2D eigenvalue weighted by molar-refractivity contribution is 0.0696. The molecule has 1 heterocycles. The van der Waals surface area contributed by atoms with E-state index in [0.717, 1.165) is 4.47 Å². The van der Waals surface area contributed by atoms with Crippen LogP contribution in [0.3, 0.4) is 0 Å². The van der Waals surface area contributed by atoms with E-state index in [1.165, 1.54) is 30.1 Å². The molecule has 0 saturated carbocycles. The van der Waals surface area contributed by atoms with Gasteiger partial charge >= 0.3 is 5.97 Å². The second kappa shape index (κ2) is 10.9. The summed E-state index contributed by atoms with van der Waals surface area (Å²) in [6.07, 6.45) is 1.95. The van der Waals surface area contributed by atoms with Gasteiger partial charge in [-0.3, -0.25) is 4.79 Å². The molecular weight excluding hydrogens is 550 g/mol. The van der Waals surface area contributed by atoms with E-state index in [0.29, 0.717) is 50.8 Å². The first-order valence-electron chi connectivity index (χ1n) is 10.9. The number of hydrogen-bond donors (Lipinski definition) is 1. The van der Waals surface area contributed by atoms with Gasteiger partial charge in [0.15, 0.2) is 11.5 Å². The van der Waals surface area contributed by atoms with Gasteiger partial charge in [-0.1, -0.05) is 46.6 Å². The van der Waals surface area contributed by atoms with Gasteiger partial charge in [-0.25, -0.2) is 9.78 Å². The van der Waals surface area contributed by atoms with Crippen LogP contribution in [-0.2, 0) is 13.0 Å². The van der Waals surface area contributed by atoms with Gasteiger partial charge in [0, 0.05) is 27.5 Å². The molecule has 10 heteroatoms. The van der Waals surface area contributed by atoms with Gasteiger partial charge in [-0.15, -0.1) is 0 Å². The third-order valence-corrected chi connectivity index (χ3v) is 6.04. The van der Waals surface area contributed by atoms with Crippen LogP contribution in [0.1, 0.15) is 34.2 Å². The summed E-state index contributed by atoms with van der Waals surface area (Å²) in [4.78, 5) is 29.1. The zero-order valence-corrected chi connectivity index (χ0v) is 21.7. The van der Waals surface area contributed by atoms with Gasteiger partial charge < -0.3 is 14.6 Å². The average Bonchev–Trinajstić information content (AvgIpc) is 2.87. The fourth-order valence-corrected chi connectivity index (χ4v) is 4.18. The maximum atomic E-state index is 13.2. The Morgan fingerprint density at radius 2 is 2.03 bits per heavy atom. The predicted octanol–water partition coefficient (Wildman–Crippen LogP) is 5.54. The fraction of sp³-hybridized carbons (Fsp3) is 0.154. The van der Waals surface area contributed by atoms with Crippen molar-refractivity contribution in [2.75, 3.05) is 7.11 Å². The number of halogens is 2. The Morgan fingerprint density at radius 1 is 1.22 bits per heavy atom. The molecule has 0 aliphatic rings. The highest BCUT2D eigenvalue weighted by atomic mass is 79.9. The quantitative estimate of drug-likeness (QED) is 0.279. The fourth-order valence-electron chi connectivity index (χ4n) is 3.60. The van der Waals surface area contributed by atoms with Crippen LogP contribution in [0.5, 0.6) is 11.5 Å². The molecule has 36 heavy (non-hydrogen) atoms. The van der Waals surface area contributed by atoms with Crippen molar-refractivity contribution in [1.29, 1.82) is 0 Å². The van der Waals surface area contributed by atoms with Crippen molar-refractivity contribution in [3.05, 3.63) is 97.0 Å². The molecular formula is C26H21BrClN3O5. The number of ether oxygens (including phenoxy) is 2. The van der Waals surface area contributed by atoms with Crippen LogP contribution in [0.25, 0.3) is 10.9 Å². The summed E-state index contributed by atoms with van der Waals surface area (Å²) in [5.74, 6) is 0.172. The first-order chi connectivity index (χ1) is 17.3. The molecule has 184 valence electrons. The number of carbonyl (C=O) groups is 1. The molecule has 0 fully saturated rings. The van der Waals surface area contributed by atoms with Gasteiger partial charge in [-0.2, -0.15) is 9.78 Å². The molecule has 4 rings (SSSR count). The van der Waals surface area contributed by atoms with Gasteiger partial charge in [0.2, 0.25) is 0 Å². The van der Waals surface area contributed by atoms with E-state index in [1.807, 2.05) is 13.0 Å². The van der Waals surface area contributed by atoms with Crippen LogP contribution in [0.2, 0.25) is 5.02 Å². The maximum Gasteiger partial charge on any atom is 0.335 e. The van der Waals surface area contributed by atoms with E-state index in [9.17, 15) is 14.7 Å². The van der Waals surface area contributed by atoms with Crippen molar-refractivity contribution < 1.29 is 19.4 Å². The van der Waals surface area contributed by atoms with Crippen molar-refractivity contribution >= 4 is 50.6 Å². The summed E-state index contributed by atoms with van der Waals surface area (Å²) in [5, 5.41) is 14.5. The van der Waals surface area contributed by atoms with Crippen molar-refractivity contribution in [3.63, 3.8) is 0 Å². The molecule has 1 N–H and O–H groups in total. The summed E-state index contributed by atoms with van der Waals surface area (Å²) in [7, 11) is 1.48. The second-order valence-electron chi connectivity index (χ2n) is 7.73. The molecule has 8 nitrogen and oxygen atoms in total. The molecule has 0 atom stereocenters. The molecule has 0 spiro atoms. The highest BCUT2D eigenvalue weighted by Gasteiger charge is 2.14. The van der Waals surface area contributed by atoms with Crippen molar-refractivity contribution in [1.82, 2.24) is 9.66 Å². The van der Waals surface area contributed by atoms with Gasteiger partial charge in [0.1, 0.15) is 12.4 Å². The molecule has 0 aliphatic carbocycles. The zero-order chi connectivity index (χ0) is 25.8. The van der Waals surface area contributed by atoms with Crippen LogP contribution in [0.4, 0.5) is 0 Å². The number of nitrogens with zero attached hydrogens (tertiary/aromatic N) is 3. The second-order valence-corrected chi connectivity index (χ2v) is 9.08. The highest BCUT2D eigenvalue weighted by molar-refractivity contribution is 9.10. The van der Waals surface area contributed by atoms with E-state index in [2.05, 4.69) is 26.0 Å². The number of benzene rings is 3. The van der Waals surface area contributed by atoms with Crippen molar-refractivity contribution in [2.24, 2.45) is 5.10 Å². The van der Waals surface area contributed by atoms with E-state index >= 15 is 0 Å². The molecule has 3 aromatic carbocycles. The number of aryl methyl sites for hydroxylation is 1. The third kappa shape index (κ3) is 5.42. The van der Waals surface area contributed by atoms with E-state index in [4.69, 9.17) is 21.1 Å². The summed E-state index contributed by atoms with van der Waals surface area (Å²) < 4.78 is 13.5. The Hall–Kier alpha value is -3.69. The van der Waals surface area contributed by atoms with Crippen LogP contribution in [0.15, 0.2) is 69.0 Å². The Labute approximate surface area is 219 Å². The van der Waals surface area contributed by atoms with Gasteiger partial charge in [-0.05, 0) is 42.0 Å². The number of rotatable bonds is 8. The lowest BCUT2D eigenvalue weighted by Crippen LogP contribution is -2.22. The number of methoxy groups -OCH3 is 1. The van der Waals surface area contributed by atoms with Crippen LogP contribution >= 0.6 is 27.5 Å². The lowest BCUT2D eigenvalue weighted by atomic mass is 10.1. The molecule has 0 aliphatic heterocycles. The van der Waals surface area contributed by atoms with E-state index in [1.54, 1.807) is 36.4 Å². The number of hydrogen-bond acceptors (Lipinski definition) is 6. The predicted molar refractivity (Wildman–Crippen MR) is 142 cm³/mol. The molecule has 0 radical (unpaired) electrons. The van der Waals surface area contributed by atoms with E-state index < -0.39 is 5.97 Å². The zero-order valence-electron chi connectivity index (χ0n) is 19.4. The maximum absolute atomic E-state index is 13.2. The monoisotopic (exact) mass is 569 g/mol. The Kier molecular flexibility index (Phi) is 7.71. The number of carboxylic acid groups (broad SMARTS) is 1. The number of aromatic carboxylic acids is 1. The SMILES string of the molecule is CCc1nc2ccc(Br)cc2c(=O)n1N=Cc1cc(Cl)cc(OC)c1OCc1cccc(C(=O)O)c1. The Bertz CT molecular complexity index is 1550. The molecule has 0 bridgehead atoms. The lowest BCUT2D eigenvalue weighted by Gasteiger charge is -2.14. The minimum absolute atomic E-state index is 0.0751. The number of aromatic nitrogens is 2. The van der Waals surface area contributed by atoms with Crippen LogP contribution in [-0.4, -0.2) is 34.1 Å². The summed E-state index contributed by atoms with van der Waals surface area (Å²) >= 11 is 9.68. The smallest absolute Gasteiger partial charge is 0.335 e. The number of fused-ring (bicyclic) bond motifs is 1. The molecule has 0 amide bonds. The Balaban J connectivity index is 1.75. The van der Waals surface area contributed by atoms with Gasteiger partial charge in [0.25, 0.3) is 5.56 Å². The first-order valence-corrected chi connectivity index (χ1v) is 12.1. The molecule has 0 unspecified atom stereocenters. The van der Waals surface area contributed by atoms with Crippen molar-refractivity contribution in [2.45, 2.75) is 20.0 Å². The summed E-state index contributed by atoms with van der Waals surface area (Å²) in [5.41, 5.74) is 1.56. The minimum atomic E-state index is -1.03. The Morgan fingerprint density at radius 3 is 2.75 bits per heavy atom. The topological polar surface area (TPSA) is 103 Å². The first kappa shape index (κ1) is 25.4. The third-order valence-electron chi connectivity index (χ3n) is 5.33. The number of carboxylic acids is 1. The normalized spacial score (nSPS) is 11.2. The van der Waals surface area contributed by atoms with Crippen LogP contribution in [0, 0.1) is 0 Å². The van der Waals surface area contributed by atoms with Crippen LogP contribution < -0.4 is 15.0 Å². The molecule has 1 aromatic heterocycles. The summed E-state index contributed by atoms with van der Waals surface area (Å²) in [6.45, 7) is 1.96. The van der Waals surface area contributed by atoms with Gasteiger partial charge in [0.05, 0.1) is 29.8 Å². The average molecular weight is 571 g/mol. The molecule has 4 aromatic rings. The minimum Gasteiger partial charge on any atom is -0.493 e. The largest absolute Gasteiger partial charge is 0.493 e. The van der Waals surface area contributed by atoms with Crippen molar-refractivity contribution in [3.8, 4) is 11.5 Å². The van der Waals surface area contributed by atoms with E-state index in [-0.39, 0.29) is 17.7 Å². The highest BCUT2D eigenvalue weighted by Crippen LogP contribution is 2.34.